The molecule has 3 rings (SSSR count). The summed E-state index contributed by atoms with van der Waals surface area (Å²) in [7, 11) is 0. The van der Waals surface area contributed by atoms with Gasteiger partial charge >= 0.3 is 0 Å². The van der Waals surface area contributed by atoms with E-state index in [4.69, 9.17) is 0 Å². The second kappa shape index (κ2) is 5.72. The van der Waals surface area contributed by atoms with Gasteiger partial charge in [-0.2, -0.15) is 0 Å². The fourth-order valence-corrected chi connectivity index (χ4v) is 2.42. The van der Waals surface area contributed by atoms with Crippen molar-refractivity contribution >= 4 is 5.69 Å². The zero-order valence-electron chi connectivity index (χ0n) is 11.7. The molecule has 1 fully saturated rings. The molecule has 5 heteroatoms. The maximum atomic E-state index is 14.7. The fraction of sp³-hybridized carbons (Fsp3) is 0.235. The first-order valence-corrected chi connectivity index (χ1v) is 6.89. The molecular weight excluding hydrogens is 289 g/mol. The molecule has 0 radical (unpaired) electrons. The summed E-state index contributed by atoms with van der Waals surface area (Å²) in [4.78, 5) is 5.49. The van der Waals surface area contributed by atoms with E-state index in [0.717, 1.165) is 18.2 Å². The molecule has 1 saturated heterocycles. The van der Waals surface area contributed by atoms with Gasteiger partial charge in [0.1, 0.15) is 17.3 Å². The number of pyridine rings is 1. The third kappa shape index (κ3) is 3.06. The van der Waals surface area contributed by atoms with Crippen LogP contribution in [0.25, 0.3) is 0 Å². The molecular formula is C17H13F3N2. The minimum Gasteiger partial charge on any atom is -0.365 e. The summed E-state index contributed by atoms with van der Waals surface area (Å²) in [6.45, 7) is 0.195. The van der Waals surface area contributed by atoms with Crippen molar-refractivity contribution in [2.45, 2.75) is 12.1 Å². The Morgan fingerprint density at radius 1 is 1.18 bits per heavy atom. The molecule has 1 aliphatic heterocycles. The lowest BCUT2D eigenvalue weighted by Crippen LogP contribution is -2.28. The highest BCUT2D eigenvalue weighted by Crippen LogP contribution is 2.31. The highest BCUT2D eigenvalue weighted by molar-refractivity contribution is 5.51. The van der Waals surface area contributed by atoms with Crippen LogP contribution in [0.1, 0.15) is 12.1 Å². The van der Waals surface area contributed by atoms with Crippen LogP contribution in [0.3, 0.4) is 0 Å². The molecule has 2 heterocycles. The van der Waals surface area contributed by atoms with Gasteiger partial charge in [-0.1, -0.05) is 12.0 Å². The molecule has 1 aliphatic rings. The minimum absolute atomic E-state index is 0.0687. The molecule has 2 nitrogen and oxygen atoms in total. The molecule has 2 aromatic rings. The lowest BCUT2D eigenvalue weighted by atomic mass is 10.1. The van der Waals surface area contributed by atoms with Gasteiger partial charge in [-0.15, -0.1) is 0 Å². The van der Waals surface area contributed by atoms with Crippen molar-refractivity contribution in [1.82, 2.24) is 4.98 Å². The Morgan fingerprint density at radius 3 is 2.82 bits per heavy atom. The van der Waals surface area contributed by atoms with Crippen molar-refractivity contribution in [3.05, 3.63) is 59.9 Å². The number of benzene rings is 1. The van der Waals surface area contributed by atoms with Crippen LogP contribution in [0.5, 0.6) is 0 Å². The predicted molar refractivity (Wildman–Crippen MR) is 78.1 cm³/mol. The van der Waals surface area contributed by atoms with Gasteiger partial charge < -0.3 is 4.90 Å². The number of aromatic nitrogens is 1. The van der Waals surface area contributed by atoms with Crippen molar-refractivity contribution in [1.29, 1.82) is 0 Å². The average Bonchev–Trinajstić information content (AvgIpc) is 2.92. The molecule has 0 saturated carbocycles. The molecule has 0 spiro atoms. The van der Waals surface area contributed by atoms with Crippen LogP contribution in [-0.2, 0) is 0 Å². The van der Waals surface area contributed by atoms with Gasteiger partial charge in [0.15, 0.2) is 5.67 Å². The van der Waals surface area contributed by atoms with Crippen molar-refractivity contribution < 1.29 is 13.2 Å². The van der Waals surface area contributed by atoms with Crippen LogP contribution in [0, 0.1) is 23.5 Å². The Bertz CT molecular complexity index is 737. The second-order valence-electron chi connectivity index (χ2n) is 5.20. The zero-order valence-corrected chi connectivity index (χ0v) is 11.7. The van der Waals surface area contributed by atoms with E-state index < -0.39 is 17.3 Å². The Hall–Kier alpha value is -2.48. The van der Waals surface area contributed by atoms with Crippen LogP contribution in [0.4, 0.5) is 18.9 Å². The van der Waals surface area contributed by atoms with Gasteiger partial charge in [-0.25, -0.2) is 18.2 Å². The van der Waals surface area contributed by atoms with Crippen LogP contribution < -0.4 is 4.90 Å². The maximum Gasteiger partial charge on any atom is 0.190 e. The smallest absolute Gasteiger partial charge is 0.190 e. The van der Waals surface area contributed by atoms with Gasteiger partial charge in [0, 0.05) is 25.2 Å². The lowest BCUT2D eigenvalue weighted by Gasteiger charge is -2.19. The van der Waals surface area contributed by atoms with Gasteiger partial charge in [-0.05, 0) is 30.2 Å². The first kappa shape index (κ1) is 14.5. The van der Waals surface area contributed by atoms with Crippen LogP contribution in [-0.4, -0.2) is 23.7 Å². The number of rotatable bonds is 1. The van der Waals surface area contributed by atoms with Crippen molar-refractivity contribution in [3.63, 3.8) is 0 Å². The number of hydrogen-bond acceptors (Lipinski definition) is 2. The first-order chi connectivity index (χ1) is 10.6. The number of nitrogens with zero attached hydrogens (tertiary/aromatic N) is 2. The lowest BCUT2D eigenvalue weighted by molar-refractivity contribution is 0.274. The van der Waals surface area contributed by atoms with Crippen LogP contribution in [0.2, 0.25) is 0 Å². The molecule has 0 bridgehead atoms. The summed E-state index contributed by atoms with van der Waals surface area (Å²) in [5.41, 5.74) is -1.20. The van der Waals surface area contributed by atoms with E-state index in [9.17, 15) is 13.2 Å². The third-order valence-corrected chi connectivity index (χ3v) is 3.55. The molecule has 1 aromatic heterocycles. The monoisotopic (exact) mass is 302 g/mol. The Kier molecular flexibility index (Phi) is 3.76. The summed E-state index contributed by atoms with van der Waals surface area (Å²) in [5.74, 6) is 4.15. The third-order valence-electron chi connectivity index (χ3n) is 3.55. The first-order valence-electron chi connectivity index (χ1n) is 6.89. The molecule has 0 aliphatic carbocycles. The molecule has 112 valence electrons. The maximum absolute atomic E-state index is 14.7. The quantitative estimate of drug-likeness (QED) is 0.751. The van der Waals surface area contributed by atoms with E-state index >= 15 is 0 Å². The number of anilines is 1. The second-order valence-corrected chi connectivity index (χ2v) is 5.20. The highest BCUT2D eigenvalue weighted by Gasteiger charge is 2.37. The van der Waals surface area contributed by atoms with Crippen molar-refractivity contribution in [2.24, 2.45) is 0 Å². The van der Waals surface area contributed by atoms with Crippen LogP contribution >= 0.6 is 0 Å². The number of hydrogen-bond donors (Lipinski definition) is 0. The van der Waals surface area contributed by atoms with E-state index in [2.05, 4.69) is 16.8 Å². The molecule has 1 aromatic carbocycles. The van der Waals surface area contributed by atoms with E-state index in [1.807, 2.05) is 0 Å². The van der Waals surface area contributed by atoms with Gasteiger partial charge in [0.25, 0.3) is 0 Å². The fourth-order valence-electron chi connectivity index (χ4n) is 2.42. The normalized spacial score (nSPS) is 20.6. The Balaban J connectivity index is 1.79. The number of alkyl halides is 1. The predicted octanol–water partition coefficient (Wildman–Crippen LogP) is 3.33. The Labute approximate surface area is 126 Å². The van der Waals surface area contributed by atoms with E-state index in [-0.39, 0.29) is 25.2 Å². The summed E-state index contributed by atoms with van der Waals surface area (Å²) in [6, 6.07) is 8.37. The van der Waals surface area contributed by atoms with Crippen molar-refractivity contribution in [2.75, 3.05) is 18.0 Å². The van der Waals surface area contributed by atoms with Crippen LogP contribution in [0.15, 0.2) is 42.6 Å². The van der Waals surface area contributed by atoms with E-state index in [1.165, 1.54) is 4.90 Å². The largest absolute Gasteiger partial charge is 0.365 e. The molecule has 0 N–H and O–H groups in total. The van der Waals surface area contributed by atoms with Gasteiger partial charge in [0.2, 0.25) is 0 Å². The highest BCUT2D eigenvalue weighted by atomic mass is 19.1. The van der Waals surface area contributed by atoms with Gasteiger partial charge in [0.05, 0.1) is 12.2 Å². The zero-order chi connectivity index (χ0) is 15.6. The molecule has 22 heavy (non-hydrogen) atoms. The average molecular weight is 302 g/mol. The minimum atomic E-state index is -1.75. The summed E-state index contributed by atoms with van der Waals surface area (Å²) < 4.78 is 41.7. The number of halogens is 3. The summed E-state index contributed by atoms with van der Waals surface area (Å²) >= 11 is 0. The van der Waals surface area contributed by atoms with Crippen molar-refractivity contribution in [3.8, 4) is 11.8 Å². The Morgan fingerprint density at radius 2 is 2.05 bits per heavy atom. The molecule has 1 unspecified atom stereocenters. The topological polar surface area (TPSA) is 16.1 Å². The SMILES string of the molecule is Fc1ccc(F)c(N2CCC(F)(C#Cc3ccccn3)C2)c1. The standard InChI is InChI=1S/C17H13F3N2/c18-13-4-5-15(19)16(11-13)22-10-8-17(20,12-22)7-6-14-3-1-2-9-21-14/h1-5,9,11H,8,10,12H2. The summed E-state index contributed by atoms with van der Waals surface area (Å²) in [6.07, 6.45) is 1.72. The van der Waals surface area contributed by atoms with E-state index in [1.54, 1.807) is 24.4 Å². The summed E-state index contributed by atoms with van der Waals surface area (Å²) in [5, 5.41) is 0. The molecule has 1 atom stereocenters. The van der Waals surface area contributed by atoms with E-state index in [0.29, 0.717) is 5.69 Å². The molecule has 0 amide bonds. The van der Waals surface area contributed by atoms with Gasteiger partial charge in [-0.3, -0.25) is 0 Å².